The molecule has 0 aliphatic heterocycles. The van der Waals surface area contributed by atoms with Crippen LogP contribution in [0.4, 0.5) is 0 Å². The third-order valence-corrected chi connectivity index (χ3v) is 4.38. The van der Waals surface area contributed by atoms with E-state index in [0.717, 1.165) is 18.7 Å². The molecule has 2 rings (SSSR count). The van der Waals surface area contributed by atoms with Gasteiger partial charge in [-0.05, 0) is 51.8 Å². The molecule has 0 saturated heterocycles. The van der Waals surface area contributed by atoms with Crippen molar-refractivity contribution in [2.75, 3.05) is 6.61 Å². The monoisotopic (exact) mass is 373 g/mol. The quantitative estimate of drug-likeness (QED) is 0.681. The van der Waals surface area contributed by atoms with Crippen LogP contribution < -0.4 is 10.1 Å². The van der Waals surface area contributed by atoms with Gasteiger partial charge in [-0.15, -0.1) is 0 Å². The van der Waals surface area contributed by atoms with Crippen molar-refractivity contribution in [1.29, 1.82) is 0 Å². The summed E-state index contributed by atoms with van der Waals surface area (Å²) in [6, 6.07) is 8.57. The summed E-state index contributed by atoms with van der Waals surface area (Å²) in [5, 5.41) is 2.83. The first-order chi connectivity index (χ1) is 12.9. The fourth-order valence-electron chi connectivity index (χ4n) is 2.72. The van der Waals surface area contributed by atoms with Gasteiger partial charge in [-0.2, -0.15) is 0 Å². The van der Waals surface area contributed by atoms with E-state index in [0.29, 0.717) is 30.8 Å². The molecule has 27 heavy (non-hydrogen) atoms. The van der Waals surface area contributed by atoms with E-state index >= 15 is 0 Å². The zero-order chi connectivity index (χ0) is 19.8. The Labute approximate surface area is 161 Å². The van der Waals surface area contributed by atoms with Crippen LogP contribution in [0.5, 0.6) is 5.75 Å². The number of nitrogens with zero attached hydrogens (tertiary/aromatic N) is 2. The van der Waals surface area contributed by atoms with Crippen molar-refractivity contribution in [3.05, 3.63) is 47.7 Å². The summed E-state index contributed by atoms with van der Waals surface area (Å²) >= 11 is 0. The first-order valence-corrected chi connectivity index (χ1v) is 9.63. The Morgan fingerprint density at radius 3 is 2.48 bits per heavy atom. The summed E-state index contributed by atoms with van der Waals surface area (Å²) < 4.78 is 11.1. The number of aromatic nitrogens is 1. The lowest BCUT2D eigenvalue weighted by Gasteiger charge is -2.27. The fraction of sp³-hybridized carbons (Fsp3) is 0.524. The summed E-state index contributed by atoms with van der Waals surface area (Å²) in [5.41, 5.74) is 1.52. The second kappa shape index (κ2) is 10.1. The molecule has 148 valence electrons. The van der Waals surface area contributed by atoms with Crippen molar-refractivity contribution < 1.29 is 13.9 Å². The van der Waals surface area contributed by atoms with Gasteiger partial charge in [-0.3, -0.25) is 9.69 Å². The Bertz CT molecular complexity index is 710. The average molecular weight is 373 g/mol. The Morgan fingerprint density at radius 1 is 1.19 bits per heavy atom. The van der Waals surface area contributed by atoms with E-state index in [4.69, 9.17) is 9.15 Å². The lowest BCUT2D eigenvalue weighted by molar-refractivity contribution is 0.0938. The van der Waals surface area contributed by atoms with Gasteiger partial charge >= 0.3 is 0 Å². The number of hydrogen-bond donors (Lipinski definition) is 1. The predicted molar refractivity (Wildman–Crippen MR) is 106 cm³/mol. The summed E-state index contributed by atoms with van der Waals surface area (Å²) in [4.78, 5) is 18.7. The van der Waals surface area contributed by atoms with Crippen LogP contribution >= 0.6 is 0 Å². The molecule has 6 heteroatoms. The minimum atomic E-state index is -0.207. The molecular formula is C21H31N3O3. The van der Waals surface area contributed by atoms with Crippen molar-refractivity contribution >= 4 is 5.91 Å². The second-order valence-corrected chi connectivity index (χ2v) is 6.99. The van der Waals surface area contributed by atoms with Gasteiger partial charge in [0.15, 0.2) is 5.69 Å². The number of hydrogen-bond acceptors (Lipinski definition) is 5. The Hall–Kier alpha value is -2.34. The zero-order valence-corrected chi connectivity index (χ0v) is 17.0. The van der Waals surface area contributed by atoms with Crippen LogP contribution in [-0.4, -0.2) is 34.5 Å². The lowest BCUT2D eigenvalue weighted by Crippen LogP contribution is -2.32. The molecule has 1 atom stereocenters. The number of benzene rings is 1. The molecule has 1 heterocycles. The number of carbonyl (C=O) groups is 1. The SMILES string of the molecule is CCOc1ccc(CN(Cc2nc(C(=O)NC(C)C)co2)[C@@H](C)CC)cc1. The maximum absolute atomic E-state index is 12.1. The largest absolute Gasteiger partial charge is 0.494 e. The van der Waals surface area contributed by atoms with Gasteiger partial charge in [-0.1, -0.05) is 19.1 Å². The van der Waals surface area contributed by atoms with Gasteiger partial charge in [0.1, 0.15) is 12.0 Å². The van der Waals surface area contributed by atoms with Gasteiger partial charge in [0.05, 0.1) is 13.2 Å². The molecule has 0 bridgehead atoms. The van der Waals surface area contributed by atoms with E-state index in [2.05, 4.69) is 41.2 Å². The third-order valence-electron chi connectivity index (χ3n) is 4.38. The van der Waals surface area contributed by atoms with Gasteiger partial charge in [0.2, 0.25) is 5.89 Å². The highest BCUT2D eigenvalue weighted by Gasteiger charge is 2.18. The van der Waals surface area contributed by atoms with Gasteiger partial charge < -0.3 is 14.5 Å². The van der Waals surface area contributed by atoms with Crippen molar-refractivity contribution in [2.24, 2.45) is 0 Å². The van der Waals surface area contributed by atoms with E-state index in [9.17, 15) is 4.79 Å². The number of nitrogens with one attached hydrogen (secondary N) is 1. The van der Waals surface area contributed by atoms with Crippen molar-refractivity contribution in [1.82, 2.24) is 15.2 Å². The van der Waals surface area contributed by atoms with Gasteiger partial charge in [-0.25, -0.2) is 4.98 Å². The molecule has 1 aromatic heterocycles. The normalized spacial score (nSPS) is 12.4. The summed E-state index contributed by atoms with van der Waals surface area (Å²) in [6.07, 6.45) is 2.44. The highest BCUT2D eigenvalue weighted by atomic mass is 16.5. The van der Waals surface area contributed by atoms with Crippen molar-refractivity contribution in [2.45, 2.75) is 66.2 Å². The minimum Gasteiger partial charge on any atom is -0.494 e. The van der Waals surface area contributed by atoms with Crippen LogP contribution in [0.25, 0.3) is 0 Å². The highest BCUT2D eigenvalue weighted by molar-refractivity contribution is 5.92. The van der Waals surface area contributed by atoms with E-state index in [1.54, 1.807) is 0 Å². The van der Waals surface area contributed by atoms with Gasteiger partial charge in [0, 0.05) is 18.6 Å². The average Bonchev–Trinajstić information content (AvgIpc) is 3.10. The predicted octanol–water partition coefficient (Wildman–Crippen LogP) is 4.01. The number of oxazole rings is 1. The molecule has 6 nitrogen and oxygen atoms in total. The van der Waals surface area contributed by atoms with Crippen LogP contribution in [0.1, 0.15) is 63.0 Å². The topological polar surface area (TPSA) is 67.6 Å². The fourth-order valence-corrected chi connectivity index (χ4v) is 2.72. The molecule has 0 aliphatic rings. The Balaban J connectivity index is 2.06. The molecule has 1 N–H and O–H groups in total. The van der Waals surface area contributed by atoms with E-state index in [1.165, 1.54) is 11.8 Å². The van der Waals surface area contributed by atoms with Crippen LogP contribution in [-0.2, 0) is 13.1 Å². The molecule has 0 radical (unpaired) electrons. The first-order valence-electron chi connectivity index (χ1n) is 9.63. The first kappa shape index (κ1) is 21.0. The molecule has 0 spiro atoms. The summed E-state index contributed by atoms with van der Waals surface area (Å²) in [5.74, 6) is 1.22. The lowest BCUT2D eigenvalue weighted by atomic mass is 10.1. The van der Waals surface area contributed by atoms with Crippen LogP contribution in [0.15, 0.2) is 34.9 Å². The van der Waals surface area contributed by atoms with E-state index < -0.39 is 0 Å². The molecule has 0 unspecified atom stereocenters. The Morgan fingerprint density at radius 2 is 1.89 bits per heavy atom. The zero-order valence-electron chi connectivity index (χ0n) is 17.0. The third kappa shape index (κ3) is 6.40. The number of rotatable bonds is 10. The molecule has 1 amide bonds. The highest BCUT2D eigenvalue weighted by Crippen LogP contribution is 2.18. The number of ether oxygens (including phenoxy) is 1. The summed E-state index contributed by atoms with van der Waals surface area (Å²) in [7, 11) is 0. The summed E-state index contributed by atoms with van der Waals surface area (Å²) in [6.45, 7) is 12.1. The van der Waals surface area contributed by atoms with Crippen molar-refractivity contribution in [3.8, 4) is 5.75 Å². The van der Waals surface area contributed by atoms with E-state index in [1.807, 2.05) is 32.9 Å². The molecule has 1 aromatic carbocycles. The van der Waals surface area contributed by atoms with Crippen molar-refractivity contribution in [3.63, 3.8) is 0 Å². The molecule has 2 aromatic rings. The maximum Gasteiger partial charge on any atom is 0.273 e. The number of carbonyl (C=O) groups excluding carboxylic acids is 1. The molecule has 0 fully saturated rings. The number of amides is 1. The molecule has 0 aliphatic carbocycles. The van der Waals surface area contributed by atoms with E-state index in [-0.39, 0.29) is 11.9 Å². The maximum atomic E-state index is 12.1. The van der Waals surface area contributed by atoms with Gasteiger partial charge in [0.25, 0.3) is 5.91 Å². The van der Waals surface area contributed by atoms with Crippen LogP contribution in [0.2, 0.25) is 0 Å². The Kier molecular flexibility index (Phi) is 7.85. The molecular weight excluding hydrogens is 342 g/mol. The minimum absolute atomic E-state index is 0.0638. The standard InChI is InChI=1S/C21H31N3O3/c1-6-16(5)24(12-17-8-10-18(11-9-17)26-7-2)13-20-23-19(14-27-20)21(25)22-15(3)4/h8-11,14-16H,6-7,12-13H2,1-5H3,(H,22,25)/t16-/m0/s1. The van der Waals surface area contributed by atoms with Crippen LogP contribution in [0, 0.1) is 0 Å². The second-order valence-electron chi connectivity index (χ2n) is 6.99. The smallest absolute Gasteiger partial charge is 0.273 e. The molecule has 0 saturated carbocycles. The van der Waals surface area contributed by atoms with Crippen LogP contribution in [0.3, 0.4) is 0 Å².